The number of hydrogen-bond acceptors (Lipinski definition) is 4. The molecule has 4 nitrogen and oxygen atoms in total. The van der Waals surface area contributed by atoms with Crippen LogP contribution >= 0.6 is 12.4 Å². The second-order valence-electron chi connectivity index (χ2n) is 3.87. The number of halogens is 2. The number of benzene rings is 1. The first kappa shape index (κ1) is 16.1. The molecule has 106 valence electrons. The van der Waals surface area contributed by atoms with Crippen LogP contribution in [0.5, 0.6) is 5.75 Å². The molecule has 0 spiro atoms. The normalized spacial score (nSPS) is 10.8. The zero-order chi connectivity index (χ0) is 13.5. The quantitative estimate of drug-likeness (QED) is 0.921. The van der Waals surface area contributed by atoms with E-state index in [0.29, 0.717) is 23.5 Å². The second kappa shape index (κ2) is 8.24. The van der Waals surface area contributed by atoms with Gasteiger partial charge in [-0.1, -0.05) is 30.3 Å². The molecule has 0 saturated carbocycles. The van der Waals surface area contributed by atoms with E-state index in [-0.39, 0.29) is 25.6 Å². The predicted molar refractivity (Wildman–Crippen MR) is 78.5 cm³/mol. The molecule has 1 aromatic heterocycles. The van der Waals surface area contributed by atoms with Gasteiger partial charge in [0.25, 0.3) is 0 Å². The summed E-state index contributed by atoms with van der Waals surface area (Å²) in [6, 6.07) is 9.62. The molecular weight excluding hydrogens is 281 g/mol. The third-order valence-electron chi connectivity index (χ3n) is 2.50. The van der Waals surface area contributed by atoms with E-state index in [4.69, 9.17) is 10.5 Å². The maximum atomic E-state index is 12.3. The van der Waals surface area contributed by atoms with Gasteiger partial charge in [0.15, 0.2) is 11.6 Å². The number of nitrogens with two attached hydrogens (primary N) is 1. The third-order valence-corrected chi connectivity index (χ3v) is 2.50. The first-order valence-corrected chi connectivity index (χ1v) is 5.82. The van der Waals surface area contributed by atoms with Crippen LogP contribution in [0.2, 0.25) is 0 Å². The highest BCUT2D eigenvalue weighted by atomic mass is 35.5. The minimum Gasteiger partial charge on any atom is -0.486 e. The number of aromatic nitrogens is 2. The maximum absolute atomic E-state index is 12.3. The first-order chi connectivity index (χ1) is 9.33. The summed E-state index contributed by atoms with van der Waals surface area (Å²) in [7, 11) is 0. The smallest absolute Gasteiger partial charge is 0.159 e. The van der Waals surface area contributed by atoms with Gasteiger partial charge in [-0.05, 0) is 0 Å². The molecule has 0 aliphatic rings. The molecule has 2 N–H and O–H groups in total. The summed E-state index contributed by atoms with van der Waals surface area (Å²) in [4.78, 5) is 8.40. The summed E-state index contributed by atoms with van der Waals surface area (Å²) < 4.78 is 17.6. The Morgan fingerprint density at radius 2 is 1.85 bits per heavy atom. The summed E-state index contributed by atoms with van der Waals surface area (Å²) in [5, 5.41) is 0. The van der Waals surface area contributed by atoms with E-state index in [1.807, 2.05) is 30.3 Å². The Kier molecular flexibility index (Phi) is 6.63. The van der Waals surface area contributed by atoms with Crippen LogP contribution in [0.3, 0.4) is 0 Å². The molecule has 0 aliphatic carbocycles. The minimum absolute atomic E-state index is 0. The molecule has 0 radical (unpaired) electrons. The molecule has 2 rings (SSSR count). The highest BCUT2D eigenvalue weighted by Crippen LogP contribution is 2.16. The van der Waals surface area contributed by atoms with Gasteiger partial charge in [-0.15, -0.1) is 12.4 Å². The van der Waals surface area contributed by atoms with Gasteiger partial charge >= 0.3 is 0 Å². The summed E-state index contributed by atoms with van der Waals surface area (Å²) in [5.74, 6) is 1.10. The molecule has 0 bridgehead atoms. The average Bonchev–Trinajstić information content (AvgIpc) is 2.50. The predicted octanol–water partition coefficient (Wildman–Crippen LogP) is 2.76. The van der Waals surface area contributed by atoms with E-state index in [2.05, 4.69) is 9.97 Å². The lowest BCUT2D eigenvalue weighted by molar-refractivity contribution is 0.344. The molecule has 1 heterocycles. The topological polar surface area (TPSA) is 61.0 Å². The molecule has 0 aliphatic heterocycles. The molecule has 1 aromatic carbocycles. The van der Waals surface area contributed by atoms with Gasteiger partial charge in [0, 0.05) is 17.7 Å². The SMILES string of the molecule is Cl.NC/C(=C/F)COc1cnc(-c2ccccc2)nc1. The second-order valence-corrected chi connectivity index (χ2v) is 3.87. The lowest BCUT2D eigenvalue weighted by Gasteiger charge is -2.07. The van der Waals surface area contributed by atoms with E-state index < -0.39 is 0 Å². The van der Waals surface area contributed by atoms with Crippen molar-refractivity contribution in [3.8, 4) is 17.1 Å². The lowest BCUT2D eigenvalue weighted by Crippen LogP contribution is -2.11. The van der Waals surface area contributed by atoms with Crippen LogP contribution in [0.1, 0.15) is 0 Å². The molecule has 20 heavy (non-hydrogen) atoms. The highest BCUT2D eigenvalue weighted by Gasteiger charge is 2.02. The van der Waals surface area contributed by atoms with Crippen LogP contribution in [0.25, 0.3) is 11.4 Å². The average molecular weight is 296 g/mol. The molecule has 0 unspecified atom stereocenters. The van der Waals surface area contributed by atoms with E-state index >= 15 is 0 Å². The van der Waals surface area contributed by atoms with Crippen molar-refractivity contribution < 1.29 is 9.13 Å². The molecule has 2 aromatic rings. The van der Waals surface area contributed by atoms with Gasteiger partial charge in [0.05, 0.1) is 18.7 Å². The third kappa shape index (κ3) is 4.29. The Morgan fingerprint density at radius 1 is 1.20 bits per heavy atom. The Bertz CT molecular complexity index is 546. The number of nitrogens with zero attached hydrogens (tertiary/aromatic N) is 2. The Labute approximate surface area is 122 Å². The summed E-state index contributed by atoms with van der Waals surface area (Å²) in [5.41, 5.74) is 6.64. The van der Waals surface area contributed by atoms with Gasteiger partial charge in [-0.25, -0.2) is 14.4 Å². The number of ether oxygens (including phenoxy) is 1. The summed E-state index contributed by atoms with van der Waals surface area (Å²) in [6.45, 7) is 0.223. The fourth-order valence-corrected chi connectivity index (χ4v) is 1.44. The maximum Gasteiger partial charge on any atom is 0.159 e. The van der Waals surface area contributed by atoms with E-state index in [1.54, 1.807) is 12.4 Å². The van der Waals surface area contributed by atoms with Crippen molar-refractivity contribution >= 4 is 12.4 Å². The Morgan fingerprint density at radius 3 is 2.40 bits per heavy atom. The van der Waals surface area contributed by atoms with E-state index in [0.717, 1.165) is 5.56 Å². The number of hydrogen-bond donors (Lipinski definition) is 1. The van der Waals surface area contributed by atoms with Gasteiger partial charge in [0.1, 0.15) is 6.61 Å². The zero-order valence-electron chi connectivity index (χ0n) is 10.7. The van der Waals surface area contributed by atoms with Crippen molar-refractivity contribution in [2.24, 2.45) is 5.73 Å². The van der Waals surface area contributed by atoms with Crippen LogP contribution < -0.4 is 10.5 Å². The molecule has 0 amide bonds. The molecule has 0 fully saturated rings. The summed E-state index contributed by atoms with van der Waals surface area (Å²) in [6.07, 6.45) is 3.57. The van der Waals surface area contributed by atoms with Crippen molar-refractivity contribution in [2.45, 2.75) is 0 Å². The van der Waals surface area contributed by atoms with Gasteiger partial charge in [-0.3, -0.25) is 0 Å². The van der Waals surface area contributed by atoms with Crippen LogP contribution in [-0.2, 0) is 0 Å². The molecule has 0 saturated heterocycles. The van der Waals surface area contributed by atoms with Crippen molar-refractivity contribution in [3.63, 3.8) is 0 Å². The van der Waals surface area contributed by atoms with Crippen molar-refractivity contribution in [1.82, 2.24) is 9.97 Å². The highest BCUT2D eigenvalue weighted by molar-refractivity contribution is 5.85. The first-order valence-electron chi connectivity index (χ1n) is 5.82. The fraction of sp³-hybridized carbons (Fsp3) is 0.143. The Balaban J connectivity index is 0.00000200. The zero-order valence-corrected chi connectivity index (χ0v) is 11.5. The largest absolute Gasteiger partial charge is 0.486 e. The van der Waals surface area contributed by atoms with Crippen LogP contribution in [0.15, 0.2) is 54.6 Å². The van der Waals surface area contributed by atoms with E-state index in [9.17, 15) is 4.39 Å². The van der Waals surface area contributed by atoms with Gasteiger partial charge in [0.2, 0.25) is 0 Å². The van der Waals surface area contributed by atoms with E-state index in [1.165, 1.54) is 0 Å². The van der Waals surface area contributed by atoms with Gasteiger partial charge in [-0.2, -0.15) is 0 Å². The molecule has 6 heteroatoms. The van der Waals surface area contributed by atoms with Crippen molar-refractivity contribution in [3.05, 3.63) is 54.6 Å². The lowest BCUT2D eigenvalue weighted by atomic mass is 10.2. The minimum atomic E-state index is 0. The standard InChI is InChI=1S/C14H14FN3O.ClH/c15-6-11(7-16)10-19-13-8-17-14(18-9-13)12-4-2-1-3-5-12;/h1-6,8-9H,7,10,16H2;1H/b11-6-;. The summed E-state index contributed by atoms with van der Waals surface area (Å²) >= 11 is 0. The van der Waals surface area contributed by atoms with Crippen molar-refractivity contribution in [1.29, 1.82) is 0 Å². The molecule has 0 atom stereocenters. The fourth-order valence-electron chi connectivity index (χ4n) is 1.44. The van der Waals surface area contributed by atoms with Crippen molar-refractivity contribution in [2.75, 3.05) is 13.2 Å². The van der Waals surface area contributed by atoms with Crippen LogP contribution in [0, 0.1) is 0 Å². The monoisotopic (exact) mass is 295 g/mol. The van der Waals surface area contributed by atoms with Crippen LogP contribution in [-0.4, -0.2) is 23.1 Å². The molecular formula is C14H15ClFN3O. The van der Waals surface area contributed by atoms with Gasteiger partial charge < -0.3 is 10.5 Å². The van der Waals surface area contributed by atoms with Crippen LogP contribution in [0.4, 0.5) is 4.39 Å². The number of rotatable bonds is 5. The Hall–Kier alpha value is -1.98.